The maximum atomic E-state index is 10.8. The quantitative estimate of drug-likeness (QED) is 0.384. The van der Waals surface area contributed by atoms with E-state index in [1.54, 1.807) is 0 Å². The highest BCUT2D eigenvalue weighted by molar-refractivity contribution is 5.89. The number of aliphatic hydroxyl groups excluding tert-OH is 1. The summed E-state index contributed by atoms with van der Waals surface area (Å²) in [7, 11) is 0. The largest absolute Gasteiger partial charge is 0.388 e. The topological polar surface area (TPSA) is 72.8 Å². The molecule has 5 heteroatoms. The molecule has 0 heterocycles. The van der Waals surface area contributed by atoms with Crippen molar-refractivity contribution in [1.29, 1.82) is 0 Å². The molecule has 0 fully saturated rings. The van der Waals surface area contributed by atoms with Crippen LogP contribution in [0, 0.1) is 0 Å². The van der Waals surface area contributed by atoms with E-state index in [1.807, 2.05) is 0 Å². The molecule has 0 spiro atoms. The average Bonchev–Trinajstić information content (AvgIpc) is 2.11. The fourth-order valence-electron chi connectivity index (χ4n) is 0.337. The van der Waals surface area contributed by atoms with Crippen molar-refractivity contribution in [3.05, 3.63) is 24.8 Å². The lowest BCUT2D eigenvalue weighted by Gasteiger charge is -2.05. The molecule has 0 aromatic rings. The van der Waals surface area contributed by atoms with Crippen LogP contribution in [-0.2, 0) is 19.4 Å². The number of rotatable bonds is 3. The second-order valence-electron chi connectivity index (χ2n) is 2.18. The third-order valence-electron chi connectivity index (χ3n) is 1.13. The van der Waals surface area contributed by atoms with Crippen LogP contribution in [0.2, 0.25) is 0 Å². The lowest BCUT2D eigenvalue weighted by Crippen LogP contribution is -2.17. The number of hydrogen-bond donors (Lipinski definition) is 1. The van der Waals surface area contributed by atoms with Crippen LogP contribution in [0.4, 0.5) is 0 Å². The molecule has 72 valence electrons. The summed E-state index contributed by atoms with van der Waals surface area (Å²) >= 11 is 0. The van der Waals surface area contributed by atoms with Crippen LogP contribution in [0.25, 0.3) is 0 Å². The maximum absolute atomic E-state index is 10.8. The lowest BCUT2D eigenvalue weighted by molar-refractivity contribution is -0.252. The second-order valence-corrected chi connectivity index (χ2v) is 2.18. The number of carbonyl (C=O) groups is 2. The van der Waals surface area contributed by atoms with E-state index in [0.717, 1.165) is 6.08 Å². The van der Waals surface area contributed by atoms with Crippen molar-refractivity contribution in [3.63, 3.8) is 0 Å². The van der Waals surface area contributed by atoms with Gasteiger partial charge in [-0.3, -0.25) is 0 Å². The summed E-state index contributed by atoms with van der Waals surface area (Å²) in [6.45, 7) is 7.63. The monoisotopic (exact) mass is 186 g/mol. The molecular weight excluding hydrogens is 176 g/mol. The maximum Gasteiger partial charge on any atom is 0.384 e. The predicted molar refractivity (Wildman–Crippen MR) is 43.2 cm³/mol. The van der Waals surface area contributed by atoms with Gasteiger partial charge in [0.15, 0.2) is 0 Å². The summed E-state index contributed by atoms with van der Waals surface area (Å²) in [4.78, 5) is 29.2. The summed E-state index contributed by atoms with van der Waals surface area (Å²) in [6, 6.07) is 0. The van der Waals surface area contributed by atoms with Gasteiger partial charge in [-0.2, -0.15) is 0 Å². The molecular formula is C8H10O5. The van der Waals surface area contributed by atoms with Gasteiger partial charge in [-0.1, -0.05) is 13.2 Å². The van der Waals surface area contributed by atoms with E-state index in [-0.39, 0.29) is 5.57 Å². The van der Waals surface area contributed by atoms with Gasteiger partial charge in [0.2, 0.25) is 0 Å². The predicted octanol–water partition coefficient (Wildman–Crippen LogP) is 0.111. The van der Waals surface area contributed by atoms with E-state index in [4.69, 9.17) is 5.11 Å². The van der Waals surface area contributed by atoms with Crippen molar-refractivity contribution < 1.29 is 24.5 Å². The number of hydrogen-bond acceptors (Lipinski definition) is 5. The Morgan fingerprint density at radius 2 is 2.00 bits per heavy atom. The minimum atomic E-state index is -1.05. The van der Waals surface area contributed by atoms with Crippen LogP contribution in [0.15, 0.2) is 24.8 Å². The first-order chi connectivity index (χ1) is 5.99. The van der Waals surface area contributed by atoms with Crippen LogP contribution in [0.1, 0.15) is 6.92 Å². The van der Waals surface area contributed by atoms with Gasteiger partial charge >= 0.3 is 11.9 Å². The first-order valence-electron chi connectivity index (χ1n) is 3.41. The van der Waals surface area contributed by atoms with Crippen LogP contribution in [-0.4, -0.2) is 23.1 Å². The molecule has 0 aliphatic heterocycles. The average molecular weight is 186 g/mol. The Bertz CT molecular complexity index is 241. The molecule has 0 aromatic heterocycles. The highest BCUT2D eigenvalue weighted by atomic mass is 17.2. The van der Waals surface area contributed by atoms with E-state index in [0.29, 0.717) is 0 Å². The number of aliphatic hydroxyl groups is 1. The molecule has 13 heavy (non-hydrogen) atoms. The van der Waals surface area contributed by atoms with Crippen molar-refractivity contribution >= 4 is 11.9 Å². The second kappa shape index (κ2) is 5.10. The first-order valence-corrected chi connectivity index (χ1v) is 3.41. The van der Waals surface area contributed by atoms with E-state index in [1.165, 1.54) is 6.92 Å². The normalized spacial score (nSPS) is 11.2. The first kappa shape index (κ1) is 11.4. The Labute approximate surface area is 75.2 Å². The summed E-state index contributed by atoms with van der Waals surface area (Å²) < 4.78 is 0. The minimum absolute atomic E-state index is 0.197. The fourth-order valence-corrected chi connectivity index (χ4v) is 0.337. The fraction of sp³-hybridized carbons (Fsp3) is 0.250. The molecule has 1 unspecified atom stereocenters. The lowest BCUT2D eigenvalue weighted by atomic mass is 10.2. The minimum Gasteiger partial charge on any atom is -0.388 e. The molecule has 0 bridgehead atoms. The van der Waals surface area contributed by atoms with Crippen molar-refractivity contribution in [1.82, 2.24) is 0 Å². The van der Waals surface area contributed by atoms with Gasteiger partial charge in [0.1, 0.15) is 0 Å². The smallest absolute Gasteiger partial charge is 0.384 e. The van der Waals surface area contributed by atoms with Crippen molar-refractivity contribution in [2.75, 3.05) is 0 Å². The SMILES string of the molecule is C=CC(=O)OOC(=O)C(=C)C(C)O. The molecule has 0 rings (SSSR count). The third kappa shape index (κ3) is 4.07. The van der Waals surface area contributed by atoms with Crippen molar-refractivity contribution in [3.8, 4) is 0 Å². The Kier molecular flexibility index (Phi) is 4.47. The van der Waals surface area contributed by atoms with E-state index < -0.39 is 18.0 Å². The molecule has 0 aliphatic rings. The zero-order valence-electron chi connectivity index (χ0n) is 7.15. The Morgan fingerprint density at radius 3 is 2.38 bits per heavy atom. The van der Waals surface area contributed by atoms with Gasteiger partial charge in [-0.05, 0) is 6.92 Å². The summed E-state index contributed by atoms with van der Waals surface area (Å²) in [6.07, 6.45) is -0.215. The third-order valence-corrected chi connectivity index (χ3v) is 1.13. The number of carbonyl (C=O) groups excluding carboxylic acids is 2. The van der Waals surface area contributed by atoms with Crippen LogP contribution < -0.4 is 0 Å². The molecule has 0 aliphatic carbocycles. The van der Waals surface area contributed by atoms with Gasteiger partial charge in [0, 0.05) is 6.08 Å². The van der Waals surface area contributed by atoms with E-state index in [2.05, 4.69) is 22.9 Å². The standard InChI is InChI=1S/C8H10O5/c1-4-7(10)12-13-8(11)5(2)6(3)9/h4,6,9H,1-2H2,3H3. The zero-order valence-corrected chi connectivity index (χ0v) is 7.15. The Hall–Kier alpha value is -1.62. The van der Waals surface area contributed by atoms with Gasteiger partial charge in [-0.25, -0.2) is 19.4 Å². The molecule has 5 nitrogen and oxygen atoms in total. The van der Waals surface area contributed by atoms with Gasteiger partial charge in [-0.15, -0.1) is 0 Å². The van der Waals surface area contributed by atoms with Gasteiger partial charge in [0.05, 0.1) is 11.7 Å². The molecule has 0 saturated heterocycles. The van der Waals surface area contributed by atoms with Gasteiger partial charge < -0.3 is 5.11 Å². The highest BCUT2D eigenvalue weighted by Crippen LogP contribution is 2.01. The Balaban J connectivity index is 3.95. The molecule has 0 saturated carbocycles. The van der Waals surface area contributed by atoms with Crippen molar-refractivity contribution in [2.24, 2.45) is 0 Å². The highest BCUT2D eigenvalue weighted by Gasteiger charge is 2.15. The molecule has 1 atom stereocenters. The van der Waals surface area contributed by atoms with Gasteiger partial charge in [0.25, 0.3) is 0 Å². The van der Waals surface area contributed by atoms with Crippen LogP contribution in [0.3, 0.4) is 0 Å². The molecule has 0 radical (unpaired) electrons. The summed E-state index contributed by atoms with van der Waals surface area (Å²) in [5.41, 5.74) is -0.197. The summed E-state index contributed by atoms with van der Waals surface area (Å²) in [5, 5.41) is 8.85. The van der Waals surface area contributed by atoms with E-state index >= 15 is 0 Å². The molecule has 1 N–H and O–H groups in total. The molecule has 0 aromatic carbocycles. The zero-order chi connectivity index (χ0) is 10.4. The summed E-state index contributed by atoms with van der Waals surface area (Å²) in [5.74, 6) is -1.89. The molecule has 0 amide bonds. The van der Waals surface area contributed by atoms with Crippen LogP contribution in [0.5, 0.6) is 0 Å². The van der Waals surface area contributed by atoms with Crippen LogP contribution >= 0.6 is 0 Å². The Morgan fingerprint density at radius 1 is 1.46 bits per heavy atom. The van der Waals surface area contributed by atoms with Crippen molar-refractivity contribution in [2.45, 2.75) is 13.0 Å². The van der Waals surface area contributed by atoms with E-state index in [9.17, 15) is 9.59 Å².